The van der Waals surface area contributed by atoms with Gasteiger partial charge < -0.3 is 4.57 Å². The zero-order valence-corrected chi connectivity index (χ0v) is 23.4. The van der Waals surface area contributed by atoms with Crippen LogP contribution in [-0.2, 0) is 14.8 Å². The van der Waals surface area contributed by atoms with Crippen molar-refractivity contribution in [2.75, 3.05) is 10.8 Å². The van der Waals surface area contributed by atoms with Crippen LogP contribution in [0.4, 0.5) is 11.4 Å². The molecule has 4 aromatic rings. The number of nitro groups is 1. The first-order valence-electron chi connectivity index (χ1n) is 11.7. The topological polar surface area (TPSA) is 127 Å². The summed E-state index contributed by atoms with van der Waals surface area (Å²) in [5.41, 5.74) is 5.21. The second kappa shape index (κ2) is 11.6. The highest BCUT2D eigenvalue weighted by Crippen LogP contribution is 2.32. The van der Waals surface area contributed by atoms with Gasteiger partial charge >= 0.3 is 0 Å². The summed E-state index contributed by atoms with van der Waals surface area (Å²) < 4.78 is 30.6. The minimum Gasteiger partial charge on any atom is -0.318 e. The summed E-state index contributed by atoms with van der Waals surface area (Å²) in [5.74, 6) is -0.773. The molecule has 0 unspecified atom stereocenters. The Balaban J connectivity index is 1.60. The van der Waals surface area contributed by atoms with Crippen molar-refractivity contribution in [1.82, 2.24) is 9.99 Å². The second-order valence-electron chi connectivity index (χ2n) is 8.51. The van der Waals surface area contributed by atoms with Crippen molar-refractivity contribution in [3.05, 3.63) is 116 Å². The van der Waals surface area contributed by atoms with Crippen LogP contribution in [0.5, 0.6) is 0 Å². The lowest BCUT2D eigenvalue weighted by molar-refractivity contribution is -0.384. The molecule has 3 aromatic carbocycles. The molecule has 0 saturated carbocycles. The van der Waals surface area contributed by atoms with Gasteiger partial charge in [0.15, 0.2) is 0 Å². The Kier molecular flexibility index (Phi) is 8.27. The SMILES string of the molecule is Cc1cc(/C=N\NC(=O)CN(c2ccccc2[N+](=O)[O-])S(=O)(=O)c2ccccc2)c(C)n1-c1cccc(Br)c1. The van der Waals surface area contributed by atoms with Crippen LogP contribution in [0, 0.1) is 24.0 Å². The number of hydrogen-bond acceptors (Lipinski definition) is 6. The Bertz CT molecular complexity index is 1670. The van der Waals surface area contributed by atoms with Crippen molar-refractivity contribution in [3.8, 4) is 5.69 Å². The molecule has 0 aliphatic rings. The number of aromatic nitrogens is 1. The van der Waals surface area contributed by atoms with Gasteiger partial charge in [-0.05, 0) is 56.3 Å². The number of nitro benzene ring substituents is 1. The summed E-state index contributed by atoms with van der Waals surface area (Å²) in [6.45, 7) is 3.14. The summed E-state index contributed by atoms with van der Waals surface area (Å²) in [7, 11) is -4.32. The summed E-state index contributed by atoms with van der Waals surface area (Å²) in [4.78, 5) is 23.7. The Morgan fingerprint density at radius 1 is 1.05 bits per heavy atom. The van der Waals surface area contributed by atoms with Gasteiger partial charge in [0.2, 0.25) is 0 Å². The molecule has 1 N–H and O–H groups in total. The predicted octanol–water partition coefficient (Wildman–Crippen LogP) is 5.11. The van der Waals surface area contributed by atoms with Crippen molar-refractivity contribution >= 4 is 49.4 Å². The van der Waals surface area contributed by atoms with Crippen LogP contribution < -0.4 is 9.73 Å². The van der Waals surface area contributed by atoms with Gasteiger partial charge in [0.25, 0.3) is 21.6 Å². The summed E-state index contributed by atoms with van der Waals surface area (Å²) in [6.07, 6.45) is 1.47. The molecule has 0 saturated heterocycles. The minimum absolute atomic E-state index is 0.112. The summed E-state index contributed by atoms with van der Waals surface area (Å²) in [6, 6.07) is 22.5. The number of benzene rings is 3. The average molecular weight is 610 g/mol. The smallest absolute Gasteiger partial charge is 0.293 e. The lowest BCUT2D eigenvalue weighted by Crippen LogP contribution is -2.39. The van der Waals surface area contributed by atoms with E-state index in [1.807, 2.05) is 48.7 Å². The van der Waals surface area contributed by atoms with Gasteiger partial charge in [0.05, 0.1) is 16.0 Å². The Hall–Kier alpha value is -4.29. The maximum Gasteiger partial charge on any atom is 0.293 e. The molecule has 39 heavy (non-hydrogen) atoms. The zero-order chi connectivity index (χ0) is 28.2. The third kappa shape index (κ3) is 6.07. The fraction of sp³-hybridized carbons (Fsp3) is 0.111. The van der Waals surface area contributed by atoms with Crippen molar-refractivity contribution in [2.45, 2.75) is 18.7 Å². The van der Waals surface area contributed by atoms with Crippen LogP contribution in [0.2, 0.25) is 0 Å². The molecular weight excluding hydrogens is 586 g/mol. The van der Waals surface area contributed by atoms with Gasteiger partial charge in [0.1, 0.15) is 12.2 Å². The minimum atomic E-state index is -4.32. The lowest BCUT2D eigenvalue weighted by Gasteiger charge is -2.23. The first kappa shape index (κ1) is 27.7. The monoisotopic (exact) mass is 609 g/mol. The van der Waals surface area contributed by atoms with Gasteiger partial charge in [-0.3, -0.25) is 14.9 Å². The fourth-order valence-corrected chi connectivity index (χ4v) is 5.96. The van der Waals surface area contributed by atoms with Gasteiger partial charge in [0, 0.05) is 33.2 Å². The van der Waals surface area contributed by atoms with E-state index in [4.69, 9.17) is 0 Å². The normalized spacial score (nSPS) is 11.5. The Labute approximate surface area is 233 Å². The number of sulfonamides is 1. The number of nitrogens with zero attached hydrogens (tertiary/aromatic N) is 4. The second-order valence-corrected chi connectivity index (χ2v) is 11.3. The van der Waals surface area contributed by atoms with E-state index in [0.717, 1.165) is 27.1 Å². The van der Waals surface area contributed by atoms with Crippen LogP contribution in [0.3, 0.4) is 0 Å². The largest absolute Gasteiger partial charge is 0.318 e. The third-order valence-electron chi connectivity index (χ3n) is 5.90. The molecule has 0 fully saturated rings. The van der Waals surface area contributed by atoms with Crippen molar-refractivity contribution in [1.29, 1.82) is 0 Å². The molecule has 12 heteroatoms. The number of amides is 1. The third-order valence-corrected chi connectivity index (χ3v) is 8.16. The quantitative estimate of drug-likeness (QED) is 0.160. The first-order chi connectivity index (χ1) is 18.6. The molecule has 1 amide bonds. The number of aryl methyl sites for hydroxylation is 1. The molecule has 4 rings (SSSR count). The summed E-state index contributed by atoms with van der Waals surface area (Å²) in [5, 5.41) is 15.7. The predicted molar refractivity (Wildman–Crippen MR) is 153 cm³/mol. The molecular formula is C27H24BrN5O5S. The Morgan fingerprint density at radius 2 is 1.74 bits per heavy atom. The molecule has 0 atom stereocenters. The van der Waals surface area contributed by atoms with Crippen molar-refractivity contribution in [3.63, 3.8) is 0 Å². The van der Waals surface area contributed by atoms with Crippen LogP contribution in [-0.4, -0.2) is 36.6 Å². The van der Waals surface area contributed by atoms with Crippen LogP contribution in [0.1, 0.15) is 17.0 Å². The average Bonchev–Trinajstić information content (AvgIpc) is 3.20. The van der Waals surface area contributed by atoms with Crippen LogP contribution in [0.15, 0.2) is 99.4 Å². The molecule has 0 radical (unpaired) electrons. The number of carbonyl (C=O) groups excluding carboxylic acids is 1. The molecule has 0 spiro atoms. The van der Waals surface area contributed by atoms with E-state index in [0.29, 0.717) is 4.31 Å². The van der Waals surface area contributed by atoms with E-state index in [1.165, 1.54) is 54.7 Å². The maximum absolute atomic E-state index is 13.5. The van der Waals surface area contributed by atoms with Gasteiger partial charge in [-0.15, -0.1) is 0 Å². The fourth-order valence-electron chi connectivity index (χ4n) is 4.12. The highest BCUT2D eigenvalue weighted by molar-refractivity contribution is 9.10. The number of hydrogen-bond donors (Lipinski definition) is 1. The van der Waals surface area contributed by atoms with Gasteiger partial charge in [-0.2, -0.15) is 5.10 Å². The van der Waals surface area contributed by atoms with E-state index in [9.17, 15) is 23.3 Å². The molecule has 10 nitrogen and oxygen atoms in total. The summed E-state index contributed by atoms with van der Waals surface area (Å²) >= 11 is 3.48. The van der Waals surface area contributed by atoms with E-state index >= 15 is 0 Å². The van der Waals surface area contributed by atoms with Crippen LogP contribution in [0.25, 0.3) is 5.69 Å². The lowest BCUT2D eigenvalue weighted by atomic mass is 10.2. The van der Waals surface area contributed by atoms with Crippen molar-refractivity contribution < 1.29 is 18.1 Å². The molecule has 0 bridgehead atoms. The molecule has 200 valence electrons. The van der Waals surface area contributed by atoms with Crippen LogP contribution >= 0.6 is 15.9 Å². The molecule has 1 heterocycles. The number of halogens is 1. The number of anilines is 1. The van der Waals surface area contributed by atoms with E-state index in [2.05, 4.69) is 26.5 Å². The zero-order valence-electron chi connectivity index (χ0n) is 21.0. The van der Waals surface area contributed by atoms with Crippen molar-refractivity contribution in [2.24, 2.45) is 5.10 Å². The highest BCUT2D eigenvalue weighted by Gasteiger charge is 2.31. The number of hydrazone groups is 1. The highest BCUT2D eigenvalue weighted by atomic mass is 79.9. The number of para-hydroxylation sites is 2. The van der Waals surface area contributed by atoms with E-state index in [1.54, 1.807) is 6.07 Å². The van der Waals surface area contributed by atoms with Gasteiger partial charge in [-0.1, -0.05) is 52.3 Å². The number of rotatable bonds is 9. The number of nitrogens with one attached hydrogen (secondary N) is 1. The molecule has 0 aliphatic heterocycles. The van der Waals surface area contributed by atoms with E-state index in [-0.39, 0.29) is 10.6 Å². The standard InChI is InChI=1S/C27H24BrN5O5S/c1-19-15-21(20(2)32(19)23-10-8-9-22(28)16-23)17-29-30-27(34)18-31(25-13-6-7-14-26(25)33(35)36)39(37,38)24-11-4-3-5-12-24/h3-17H,18H2,1-2H3,(H,30,34)/b29-17-. The maximum atomic E-state index is 13.5. The number of carbonyl (C=O) groups is 1. The first-order valence-corrected chi connectivity index (χ1v) is 13.9. The molecule has 1 aromatic heterocycles. The molecule has 0 aliphatic carbocycles. The Morgan fingerprint density at radius 3 is 2.44 bits per heavy atom. The van der Waals surface area contributed by atoms with E-state index < -0.39 is 33.1 Å². The van der Waals surface area contributed by atoms with Gasteiger partial charge in [-0.25, -0.2) is 18.1 Å².